The molecule has 0 aliphatic carbocycles. The minimum absolute atomic E-state index is 0.0255. The van der Waals surface area contributed by atoms with E-state index in [-0.39, 0.29) is 39.7 Å². The number of alkyl halides is 5. The van der Waals surface area contributed by atoms with Gasteiger partial charge in [0.25, 0.3) is 12.3 Å². The van der Waals surface area contributed by atoms with Crippen molar-refractivity contribution in [2.45, 2.75) is 18.3 Å². The Morgan fingerprint density at radius 3 is 2.59 bits per heavy atom. The molecule has 2 aliphatic rings. The van der Waals surface area contributed by atoms with Gasteiger partial charge in [0.15, 0.2) is 0 Å². The van der Waals surface area contributed by atoms with Crippen molar-refractivity contribution in [1.82, 2.24) is 10.2 Å². The van der Waals surface area contributed by atoms with Crippen LogP contribution in [0.1, 0.15) is 21.7 Å². The molecule has 0 atom stereocenters. The molecule has 1 aromatic heterocycles. The SMILES string of the molecule is O=C1NC2(CO1)CN(C(=O)c1sc3c(C(F)F)c(OC(F)(F)F)ccc3c1Cl)C2. The lowest BCUT2D eigenvalue weighted by atomic mass is 9.91. The highest BCUT2D eigenvalue weighted by Crippen LogP contribution is 2.46. The Bertz CT molecular complexity index is 1020. The first-order valence-corrected chi connectivity index (χ1v) is 9.22. The van der Waals surface area contributed by atoms with Crippen LogP contribution in [0.25, 0.3) is 10.1 Å². The molecule has 2 saturated heterocycles. The molecular formula is C16H10ClF5N2O4S. The summed E-state index contributed by atoms with van der Waals surface area (Å²) in [6.45, 7) is 0.349. The highest BCUT2D eigenvalue weighted by molar-refractivity contribution is 7.21. The summed E-state index contributed by atoms with van der Waals surface area (Å²) in [5.41, 5.74) is -1.68. The maximum atomic E-state index is 13.5. The molecule has 156 valence electrons. The van der Waals surface area contributed by atoms with Crippen LogP contribution in [0.15, 0.2) is 12.1 Å². The normalized spacial score (nSPS) is 18.2. The molecule has 2 fully saturated rings. The molecule has 2 amide bonds. The number of ether oxygens (including phenoxy) is 2. The van der Waals surface area contributed by atoms with E-state index in [1.807, 2.05) is 0 Å². The fraction of sp³-hybridized carbons (Fsp3) is 0.375. The second kappa shape index (κ2) is 6.59. The van der Waals surface area contributed by atoms with Gasteiger partial charge in [-0.25, -0.2) is 13.6 Å². The van der Waals surface area contributed by atoms with Gasteiger partial charge >= 0.3 is 12.5 Å². The molecule has 13 heteroatoms. The van der Waals surface area contributed by atoms with Crippen LogP contribution in [0, 0.1) is 0 Å². The number of rotatable bonds is 3. The number of carbonyl (C=O) groups excluding carboxylic acids is 2. The smallest absolute Gasteiger partial charge is 0.447 e. The summed E-state index contributed by atoms with van der Waals surface area (Å²) in [7, 11) is 0. The van der Waals surface area contributed by atoms with Crippen LogP contribution in [0.3, 0.4) is 0 Å². The molecule has 6 nitrogen and oxygen atoms in total. The first-order chi connectivity index (χ1) is 13.5. The first kappa shape index (κ1) is 20.0. The molecule has 1 aromatic carbocycles. The summed E-state index contributed by atoms with van der Waals surface area (Å²) < 4.78 is 72.9. The number of benzene rings is 1. The summed E-state index contributed by atoms with van der Waals surface area (Å²) in [5, 5.41) is 2.48. The van der Waals surface area contributed by atoms with Gasteiger partial charge in [-0.2, -0.15) is 0 Å². The summed E-state index contributed by atoms with van der Waals surface area (Å²) in [6, 6.07) is 1.84. The molecule has 1 N–H and O–H groups in total. The first-order valence-electron chi connectivity index (χ1n) is 8.03. The van der Waals surface area contributed by atoms with E-state index in [4.69, 9.17) is 16.3 Å². The number of nitrogens with one attached hydrogen (secondary N) is 1. The number of cyclic esters (lactones) is 1. The summed E-state index contributed by atoms with van der Waals surface area (Å²) >= 11 is 6.74. The highest BCUT2D eigenvalue weighted by atomic mass is 35.5. The number of nitrogens with zero attached hydrogens (tertiary/aromatic N) is 1. The lowest BCUT2D eigenvalue weighted by molar-refractivity contribution is -0.275. The second-order valence-electron chi connectivity index (χ2n) is 6.59. The number of fused-ring (bicyclic) bond motifs is 1. The van der Waals surface area contributed by atoms with Gasteiger partial charge in [0.2, 0.25) is 0 Å². The Morgan fingerprint density at radius 2 is 2.03 bits per heavy atom. The number of amides is 2. The molecule has 0 unspecified atom stereocenters. The third kappa shape index (κ3) is 3.44. The summed E-state index contributed by atoms with van der Waals surface area (Å²) in [6.07, 6.45) is -9.04. The largest absolute Gasteiger partial charge is 0.573 e. The quantitative estimate of drug-likeness (QED) is 0.698. The molecule has 2 aliphatic heterocycles. The van der Waals surface area contributed by atoms with Gasteiger partial charge in [-0.05, 0) is 12.1 Å². The number of alkyl carbamates (subject to hydrolysis) is 1. The van der Waals surface area contributed by atoms with Gasteiger partial charge in [-0.3, -0.25) is 4.79 Å². The third-order valence-corrected chi connectivity index (χ3v) is 6.29. The predicted octanol–water partition coefficient (Wildman–Crippen LogP) is 4.33. The zero-order valence-corrected chi connectivity index (χ0v) is 15.7. The van der Waals surface area contributed by atoms with E-state index < -0.39 is 41.6 Å². The van der Waals surface area contributed by atoms with Crippen LogP contribution in [-0.2, 0) is 4.74 Å². The predicted molar refractivity (Wildman–Crippen MR) is 91.6 cm³/mol. The zero-order chi connectivity index (χ0) is 21.1. The molecule has 29 heavy (non-hydrogen) atoms. The summed E-state index contributed by atoms with van der Waals surface area (Å²) in [4.78, 5) is 25.2. The van der Waals surface area contributed by atoms with E-state index >= 15 is 0 Å². The number of hydrogen-bond donors (Lipinski definition) is 1. The van der Waals surface area contributed by atoms with Crippen LogP contribution in [-0.4, -0.2) is 48.5 Å². The number of carbonyl (C=O) groups is 2. The van der Waals surface area contributed by atoms with Crippen molar-refractivity contribution < 1.29 is 41.0 Å². The minimum atomic E-state index is -5.16. The Balaban J connectivity index is 1.68. The minimum Gasteiger partial charge on any atom is -0.447 e. The molecule has 0 bridgehead atoms. The Kier molecular flexibility index (Phi) is 4.53. The van der Waals surface area contributed by atoms with Crippen LogP contribution >= 0.6 is 22.9 Å². The lowest BCUT2D eigenvalue weighted by Gasteiger charge is -2.45. The maximum absolute atomic E-state index is 13.5. The number of hydrogen-bond acceptors (Lipinski definition) is 5. The molecule has 0 saturated carbocycles. The van der Waals surface area contributed by atoms with Crippen LogP contribution in [0.5, 0.6) is 5.75 Å². The molecule has 2 aromatic rings. The zero-order valence-electron chi connectivity index (χ0n) is 14.1. The van der Waals surface area contributed by atoms with Crippen LogP contribution in [0.2, 0.25) is 5.02 Å². The Labute approximate surface area is 168 Å². The molecule has 1 spiro atoms. The topological polar surface area (TPSA) is 67.9 Å². The van der Waals surface area contributed by atoms with Crippen LogP contribution < -0.4 is 10.1 Å². The van der Waals surface area contributed by atoms with Crippen molar-refractivity contribution >= 4 is 45.0 Å². The fourth-order valence-electron chi connectivity index (χ4n) is 3.33. The standard InChI is InChI=1S/C16H10ClF5N2O4S/c17-9-6-1-2-7(28-16(20,21)22)8(12(18)19)10(6)29-11(9)13(25)24-3-15(4-24)5-27-14(26)23-15/h1-2,12H,3-5H2,(H,23,26). The van der Waals surface area contributed by atoms with Gasteiger partial charge in [0.05, 0.1) is 10.6 Å². The van der Waals surface area contributed by atoms with E-state index in [0.717, 1.165) is 12.1 Å². The van der Waals surface area contributed by atoms with E-state index in [1.54, 1.807) is 0 Å². The van der Waals surface area contributed by atoms with Gasteiger partial charge in [-0.15, -0.1) is 24.5 Å². The van der Waals surface area contributed by atoms with Gasteiger partial charge in [0.1, 0.15) is 22.8 Å². The highest BCUT2D eigenvalue weighted by Gasteiger charge is 2.51. The Morgan fingerprint density at radius 1 is 1.34 bits per heavy atom. The maximum Gasteiger partial charge on any atom is 0.573 e. The van der Waals surface area contributed by atoms with E-state index in [9.17, 15) is 31.5 Å². The summed E-state index contributed by atoms with van der Waals surface area (Å²) in [5.74, 6) is -1.63. The average Bonchev–Trinajstić information content (AvgIpc) is 3.12. The van der Waals surface area contributed by atoms with Crippen molar-refractivity contribution in [3.05, 3.63) is 27.6 Å². The number of halogens is 6. The average molecular weight is 457 g/mol. The van der Waals surface area contributed by atoms with Crippen molar-refractivity contribution in [3.8, 4) is 5.75 Å². The van der Waals surface area contributed by atoms with Gasteiger partial charge < -0.3 is 19.7 Å². The van der Waals surface area contributed by atoms with Gasteiger partial charge in [-0.1, -0.05) is 11.6 Å². The Hall–Kier alpha value is -2.34. The van der Waals surface area contributed by atoms with Crippen molar-refractivity contribution in [3.63, 3.8) is 0 Å². The second-order valence-corrected chi connectivity index (χ2v) is 7.99. The molecule has 4 rings (SSSR count). The van der Waals surface area contributed by atoms with Crippen LogP contribution in [0.4, 0.5) is 26.7 Å². The number of likely N-dealkylation sites (tertiary alicyclic amines) is 1. The molecular weight excluding hydrogens is 447 g/mol. The number of thiophene rings is 1. The van der Waals surface area contributed by atoms with Crippen molar-refractivity contribution in [1.29, 1.82) is 0 Å². The van der Waals surface area contributed by atoms with Gasteiger partial charge in [0, 0.05) is 23.2 Å². The molecule has 3 heterocycles. The van der Waals surface area contributed by atoms with E-state index in [2.05, 4.69) is 10.1 Å². The van der Waals surface area contributed by atoms with Crippen molar-refractivity contribution in [2.75, 3.05) is 19.7 Å². The van der Waals surface area contributed by atoms with E-state index in [1.165, 1.54) is 4.90 Å². The van der Waals surface area contributed by atoms with Crippen molar-refractivity contribution in [2.24, 2.45) is 0 Å². The lowest BCUT2D eigenvalue weighted by Crippen LogP contribution is -2.69. The van der Waals surface area contributed by atoms with E-state index in [0.29, 0.717) is 11.3 Å². The third-order valence-electron chi connectivity index (χ3n) is 4.56. The molecule has 0 radical (unpaired) electrons. The fourth-order valence-corrected chi connectivity index (χ4v) is 4.94. The monoisotopic (exact) mass is 456 g/mol.